The Morgan fingerprint density at radius 2 is 2.05 bits per heavy atom. The molecule has 0 amide bonds. The van der Waals surface area contributed by atoms with Crippen LogP contribution in [0, 0.1) is 21.4 Å². The Balaban J connectivity index is 2.75. The van der Waals surface area contributed by atoms with Crippen LogP contribution < -0.4 is 0 Å². The van der Waals surface area contributed by atoms with Crippen molar-refractivity contribution in [3.63, 3.8) is 0 Å². The summed E-state index contributed by atoms with van der Waals surface area (Å²) in [6.07, 6.45) is 3.66. The molecule has 0 unspecified atom stereocenters. The molecule has 102 valence electrons. The lowest BCUT2D eigenvalue weighted by Gasteiger charge is -2.04. The van der Waals surface area contributed by atoms with Gasteiger partial charge in [0.2, 0.25) is 0 Å². The van der Waals surface area contributed by atoms with Gasteiger partial charge < -0.3 is 0 Å². The van der Waals surface area contributed by atoms with E-state index >= 15 is 0 Å². The molecule has 8 heteroatoms. The summed E-state index contributed by atoms with van der Waals surface area (Å²) < 4.78 is 1.35. The van der Waals surface area contributed by atoms with Crippen molar-refractivity contribution >= 4 is 5.69 Å². The van der Waals surface area contributed by atoms with E-state index in [-0.39, 0.29) is 17.2 Å². The fourth-order valence-electron chi connectivity index (χ4n) is 2.00. The molecule has 0 N–H and O–H groups in total. The van der Waals surface area contributed by atoms with Crippen molar-refractivity contribution in [3.8, 4) is 11.9 Å². The minimum atomic E-state index is -0.441. The van der Waals surface area contributed by atoms with Crippen LogP contribution in [0.4, 0.5) is 5.69 Å². The summed E-state index contributed by atoms with van der Waals surface area (Å²) in [5.41, 5.74) is 0.872. The second-order valence-electron chi connectivity index (χ2n) is 3.96. The Morgan fingerprint density at radius 3 is 2.60 bits per heavy atom. The first-order valence-electron chi connectivity index (χ1n) is 6.10. The van der Waals surface area contributed by atoms with Gasteiger partial charge in [-0.3, -0.25) is 10.1 Å². The number of rotatable bonds is 4. The quantitative estimate of drug-likeness (QED) is 0.617. The van der Waals surface area contributed by atoms with Crippen LogP contribution in [-0.4, -0.2) is 24.7 Å². The zero-order valence-corrected chi connectivity index (χ0v) is 11.1. The minimum absolute atomic E-state index is 0.00968. The third-order valence-electron chi connectivity index (χ3n) is 2.86. The summed E-state index contributed by atoms with van der Waals surface area (Å²) in [4.78, 5) is 18.7. The summed E-state index contributed by atoms with van der Waals surface area (Å²) in [5, 5.41) is 24.5. The van der Waals surface area contributed by atoms with Crippen molar-refractivity contribution in [3.05, 3.63) is 39.6 Å². The lowest BCUT2D eigenvalue weighted by atomic mass is 10.2. The lowest BCUT2D eigenvalue weighted by Crippen LogP contribution is -2.08. The smallest absolute Gasteiger partial charge is 0.258 e. The molecule has 0 bridgehead atoms. The fourth-order valence-corrected chi connectivity index (χ4v) is 2.00. The van der Waals surface area contributed by atoms with Gasteiger partial charge in [-0.15, -0.1) is 0 Å². The van der Waals surface area contributed by atoms with Gasteiger partial charge in [0, 0.05) is 12.4 Å². The third kappa shape index (κ3) is 2.09. The second kappa shape index (κ2) is 5.44. The van der Waals surface area contributed by atoms with Gasteiger partial charge in [-0.05, 0) is 12.8 Å². The molecule has 0 aliphatic heterocycles. The summed E-state index contributed by atoms with van der Waals surface area (Å²) in [6.45, 7) is 3.59. The van der Waals surface area contributed by atoms with Gasteiger partial charge in [0.25, 0.3) is 0 Å². The zero-order valence-electron chi connectivity index (χ0n) is 11.1. The Kier molecular flexibility index (Phi) is 3.70. The highest BCUT2D eigenvalue weighted by molar-refractivity contribution is 5.47. The molecule has 0 spiro atoms. The van der Waals surface area contributed by atoms with Crippen LogP contribution in [0.15, 0.2) is 12.4 Å². The van der Waals surface area contributed by atoms with Crippen LogP contribution in [-0.2, 0) is 12.8 Å². The van der Waals surface area contributed by atoms with Gasteiger partial charge in [-0.25, -0.2) is 14.6 Å². The number of aryl methyl sites for hydroxylation is 1. The van der Waals surface area contributed by atoms with Crippen LogP contribution in [0.5, 0.6) is 0 Å². The van der Waals surface area contributed by atoms with Crippen molar-refractivity contribution < 1.29 is 4.92 Å². The van der Waals surface area contributed by atoms with Crippen molar-refractivity contribution in [2.24, 2.45) is 0 Å². The molecule has 0 saturated carbocycles. The second-order valence-corrected chi connectivity index (χ2v) is 3.96. The summed E-state index contributed by atoms with van der Waals surface area (Å²) >= 11 is 0. The maximum Gasteiger partial charge on any atom is 0.313 e. The molecular weight excluding hydrogens is 260 g/mol. The van der Waals surface area contributed by atoms with E-state index in [1.54, 1.807) is 13.8 Å². The first kappa shape index (κ1) is 13.6. The van der Waals surface area contributed by atoms with E-state index in [0.29, 0.717) is 24.2 Å². The number of hydrogen-bond donors (Lipinski definition) is 0. The van der Waals surface area contributed by atoms with Crippen LogP contribution in [0.25, 0.3) is 5.82 Å². The predicted octanol–water partition coefficient (Wildman–Crippen LogP) is 1.57. The van der Waals surface area contributed by atoms with E-state index in [4.69, 9.17) is 5.26 Å². The normalized spacial score (nSPS) is 10.2. The SMILES string of the molecule is CCc1nn(-c2nccnc2C#N)c(CC)c1[N+](=O)[O-]. The molecule has 20 heavy (non-hydrogen) atoms. The van der Waals surface area contributed by atoms with E-state index in [9.17, 15) is 10.1 Å². The average molecular weight is 272 g/mol. The maximum absolute atomic E-state index is 11.2. The van der Waals surface area contributed by atoms with E-state index < -0.39 is 4.92 Å². The van der Waals surface area contributed by atoms with E-state index in [1.165, 1.54) is 17.1 Å². The number of hydrogen-bond acceptors (Lipinski definition) is 6. The molecule has 2 aromatic heterocycles. The topological polar surface area (TPSA) is 111 Å². The molecule has 2 rings (SSSR count). The van der Waals surface area contributed by atoms with Gasteiger partial charge in [-0.2, -0.15) is 10.4 Å². The van der Waals surface area contributed by atoms with Crippen LogP contribution >= 0.6 is 0 Å². The minimum Gasteiger partial charge on any atom is -0.258 e. The van der Waals surface area contributed by atoms with E-state index in [0.717, 1.165) is 0 Å². The molecule has 0 aliphatic carbocycles. The first-order chi connectivity index (χ1) is 9.63. The summed E-state index contributed by atoms with van der Waals surface area (Å²) in [7, 11) is 0. The van der Waals surface area contributed by atoms with Crippen LogP contribution in [0.3, 0.4) is 0 Å². The first-order valence-corrected chi connectivity index (χ1v) is 6.10. The summed E-state index contributed by atoms with van der Waals surface area (Å²) in [5.74, 6) is 0.217. The molecule has 2 aromatic rings. The number of nitro groups is 1. The number of nitriles is 1. The zero-order chi connectivity index (χ0) is 14.7. The van der Waals surface area contributed by atoms with Gasteiger partial charge in [0.1, 0.15) is 17.5 Å². The van der Waals surface area contributed by atoms with Crippen LogP contribution in [0.2, 0.25) is 0 Å². The van der Waals surface area contributed by atoms with Crippen molar-refractivity contribution in [1.82, 2.24) is 19.7 Å². The predicted molar refractivity (Wildman–Crippen MR) is 69.3 cm³/mol. The molecule has 2 heterocycles. The molecule has 8 nitrogen and oxygen atoms in total. The van der Waals surface area contributed by atoms with E-state index in [1.807, 2.05) is 6.07 Å². The highest BCUT2D eigenvalue weighted by Crippen LogP contribution is 2.27. The standard InChI is InChI=1S/C12H12N6O2/c1-3-8-11(18(19)20)10(4-2)17(16-8)12-9(7-13)14-5-6-15-12/h5-6H,3-4H2,1-2H3. The molecule has 0 fully saturated rings. The average Bonchev–Trinajstić information content (AvgIpc) is 2.85. The Morgan fingerprint density at radius 1 is 1.35 bits per heavy atom. The lowest BCUT2D eigenvalue weighted by molar-refractivity contribution is -0.386. The van der Waals surface area contributed by atoms with Gasteiger partial charge in [0.05, 0.1) is 4.92 Å². The van der Waals surface area contributed by atoms with Crippen molar-refractivity contribution in [1.29, 1.82) is 5.26 Å². The van der Waals surface area contributed by atoms with Gasteiger partial charge >= 0.3 is 5.69 Å². The highest BCUT2D eigenvalue weighted by Gasteiger charge is 2.27. The largest absolute Gasteiger partial charge is 0.313 e. The summed E-state index contributed by atoms with van der Waals surface area (Å²) in [6, 6.07) is 1.92. The highest BCUT2D eigenvalue weighted by atomic mass is 16.6. The monoisotopic (exact) mass is 272 g/mol. The van der Waals surface area contributed by atoms with Crippen molar-refractivity contribution in [2.75, 3.05) is 0 Å². The Bertz CT molecular complexity index is 700. The third-order valence-corrected chi connectivity index (χ3v) is 2.86. The molecule has 0 aromatic carbocycles. The number of aromatic nitrogens is 4. The number of nitrogens with zero attached hydrogens (tertiary/aromatic N) is 6. The molecule has 0 saturated heterocycles. The van der Waals surface area contributed by atoms with Gasteiger partial charge in [0.15, 0.2) is 11.5 Å². The maximum atomic E-state index is 11.2. The Labute approximate surface area is 114 Å². The molecule has 0 atom stereocenters. The fraction of sp³-hybridized carbons (Fsp3) is 0.333. The molecule has 0 radical (unpaired) electrons. The Hall–Kier alpha value is -2.82. The van der Waals surface area contributed by atoms with Crippen LogP contribution in [0.1, 0.15) is 30.9 Å². The van der Waals surface area contributed by atoms with Crippen molar-refractivity contribution in [2.45, 2.75) is 26.7 Å². The molecular formula is C12H12N6O2. The van der Waals surface area contributed by atoms with Gasteiger partial charge in [-0.1, -0.05) is 13.8 Å². The van der Waals surface area contributed by atoms with E-state index in [2.05, 4.69) is 15.1 Å². The molecule has 0 aliphatic rings.